The molecule has 1 amide bonds. The minimum absolute atomic E-state index is 0.479. The van der Waals surface area contributed by atoms with Gasteiger partial charge in [0.1, 0.15) is 17.2 Å². The lowest BCUT2D eigenvalue weighted by molar-refractivity contribution is -0.158. The van der Waals surface area contributed by atoms with Gasteiger partial charge in [-0.1, -0.05) is 0 Å². The number of carbonyl (C=O) groups is 2. The summed E-state index contributed by atoms with van der Waals surface area (Å²) in [5.41, 5.74) is 8.44. The summed E-state index contributed by atoms with van der Waals surface area (Å²) in [4.78, 5) is 45.7. The van der Waals surface area contributed by atoms with Crippen molar-refractivity contribution >= 4 is 23.5 Å². The van der Waals surface area contributed by atoms with Crippen molar-refractivity contribution in [3.05, 3.63) is 46.8 Å². The highest BCUT2D eigenvalue weighted by molar-refractivity contribution is 5.93. The molecule has 2 saturated heterocycles. The van der Waals surface area contributed by atoms with E-state index in [0.717, 1.165) is 75.1 Å². The molecule has 2 unspecified atom stereocenters. The number of hydrogen-bond acceptors (Lipinski definition) is 9. The number of esters is 1. The number of pyridine rings is 2. The number of primary amides is 1. The number of rotatable bonds is 7. The van der Waals surface area contributed by atoms with Crippen LogP contribution in [0.15, 0.2) is 24.5 Å². The zero-order valence-electron chi connectivity index (χ0n) is 25.1. The van der Waals surface area contributed by atoms with E-state index >= 15 is 0 Å². The maximum absolute atomic E-state index is 14.0. The zero-order chi connectivity index (χ0) is 29.2. The molecule has 0 radical (unpaired) electrons. The van der Waals surface area contributed by atoms with Crippen molar-refractivity contribution < 1.29 is 14.3 Å². The van der Waals surface area contributed by atoms with Gasteiger partial charge in [0.2, 0.25) is 5.91 Å². The second-order valence-corrected chi connectivity index (χ2v) is 12.3. The minimum Gasteiger partial charge on any atom is -0.459 e. The van der Waals surface area contributed by atoms with Gasteiger partial charge in [-0.15, -0.1) is 0 Å². The highest BCUT2D eigenvalue weighted by Crippen LogP contribution is 2.40. The first-order valence-electron chi connectivity index (χ1n) is 14.2. The maximum Gasteiger partial charge on any atom is 0.315 e. The van der Waals surface area contributed by atoms with Crippen molar-refractivity contribution in [2.75, 3.05) is 76.3 Å². The lowest BCUT2D eigenvalue weighted by Gasteiger charge is -2.35. The van der Waals surface area contributed by atoms with Crippen molar-refractivity contribution in [3.8, 4) is 0 Å². The summed E-state index contributed by atoms with van der Waals surface area (Å²) in [6.07, 6.45) is 3.56. The smallest absolute Gasteiger partial charge is 0.315 e. The van der Waals surface area contributed by atoms with Gasteiger partial charge in [0.05, 0.1) is 11.8 Å². The van der Waals surface area contributed by atoms with Crippen LogP contribution in [0, 0.1) is 13.8 Å². The average Bonchev–Trinajstić information content (AvgIpc) is 2.88. The van der Waals surface area contributed by atoms with E-state index in [9.17, 15) is 9.59 Å². The van der Waals surface area contributed by atoms with E-state index < -0.39 is 29.3 Å². The van der Waals surface area contributed by atoms with Crippen LogP contribution in [0.1, 0.15) is 54.9 Å². The van der Waals surface area contributed by atoms with Gasteiger partial charge in [0, 0.05) is 64.8 Å². The van der Waals surface area contributed by atoms with E-state index in [0.29, 0.717) is 11.1 Å². The highest BCUT2D eigenvalue weighted by Gasteiger charge is 2.40. The first-order valence-corrected chi connectivity index (χ1v) is 14.2. The monoisotopic (exact) mass is 551 g/mol. The van der Waals surface area contributed by atoms with Crippen LogP contribution in [0.25, 0.3) is 0 Å². The predicted molar refractivity (Wildman–Crippen MR) is 158 cm³/mol. The summed E-state index contributed by atoms with van der Waals surface area (Å²) in [5, 5.41) is 0. The van der Waals surface area contributed by atoms with Gasteiger partial charge in [-0.05, 0) is 83.1 Å². The van der Waals surface area contributed by atoms with Gasteiger partial charge in [-0.25, -0.2) is 9.97 Å². The standard InChI is InChI=1S/C30H45N7O3/c1-20-18-32-24(36-12-8-34(6)9-13-36)16-22(20)26(28(31)38)27(29(39)40-30(3,4)5)23-17-25(33-19-21(23)2)37-14-10-35(7)11-15-37/h16-19,26-27H,8-15H2,1-7H3,(H2,31,38). The van der Waals surface area contributed by atoms with Crippen molar-refractivity contribution in [2.45, 2.75) is 52.1 Å². The Morgan fingerprint density at radius 3 is 1.55 bits per heavy atom. The van der Waals surface area contributed by atoms with Crippen molar-refractivity contribution in [3.63, 3.8) is 0 Å². The Balaban J connectivity index is 1.81. The number of anilines is 2. The molecule has 0 bridgehead atoms. The molecule has 0 spiro atoms. The molecular weight excluding hydrogens is 506 g/mol. The third-order valence-electron chi connectivity index (χ3n) is 7.89. The highest BCUT2D eigenvalue weighted by atomic mass is 16.6. The molecular formula is C30H45N7O3. The van der Waals surface area contributed by atoms with Gasteiger partial charge < -0.3 is 30.1 Å². The molecule has 0 aromatic carbocycles. The van der Waals surface area contributed by atoms with Crippen LogP contribution in [0.4, 0.5) is 11.6 Å². The fraction of sp³-hybridized carbons (Fsp3) is 0.600. The number of nitrogens with zero attached hydrogens (tertiary/aromatic N) is 6. The van der Waals surface area contributed by atoms with Crippen molar-refractivity contribution in [1.29, 1.82) is 0 Å². The first-order chi connectivity index (χ1) is 18.8. The normalized spacial score (nSPS) is 18.9. The molecule has 2 aromatic heterocycles. The molecule has 0 saturated carbocycles. The molecule has 4 heterocycles. The number of carbonyl (C=O) groups excluding carboxylic acids is 2. The van der Waals surface area contributed by atoms with Crippen molar-refractivity contribution in [1.82, 2.24) is 19.8 Å². The molecule has 40 heavy (non-hydrogen) atoms. The molecule has 2 atom stereocenters. The molecule has 0 aliphatic carbocycles. The number of aromatic nitrogens is 2. The second-order valence-electron chi connectivity index (χ2n) is 12.3. The van der Waals surface area contributed by atoms with E-state index in [1.54, 1.807) is 12.4 Å². The molecule has 10 heteroatoms. The predicted octanol–water partition coefficient (Wildman–Crippen LogP) is 2.29. The lowest BCUT2D eigenvalue weighted by Crippen LogP contribution is -2.45. The Morgan fingerprint density at radius 2 is 1.18 bits per heavy atom. The number of hydrogen-bond donors (Lipinski definition) is 1. The quantitative estimate of drug-likeness (QED) is 0.519. The average molecular weight is 552 g/mol. The zero-order valence-corrected chi connectivity index (χ0v) is 25.1. The second kappa shape index (κ2) is 12.1. The summed E-state index contributed by atoms with van der Waals surface area (Å²) in [6.45, 7) is 16.4. The van der Waals surface area contributed by atoms with E-state index in [4.69, 9.17) is 15.5 Å². The summed E-state index contributed by atoms with van der Waals surface area (Å²) in [7, 11) is 4.21. The Morgan fingerprint density at radius 1 is 0.775 bits per heavy atom. The Bertz CT molecular complexity index is 1210. The van der Waals surface area contributed by atoms with Crippen LogP contribution in [0.5, 0.6) is 0 Å². The molecule has 2 aromatic rings. The lowest BCUT2D eigenvalue weighted by atomic mass is 9.78. The molecule has 4 rings (SSSR count). The summed E-state index contributed by atoms with van der Waals surface area (Å²) in [5.74, 6) is -1.36. The van der Waals surface area contributed by atoms with E-state index in [1.165, 1.54) is 0 Å². The number of piperazine rings is 2. The Hall–Kier alpha value is -3.24. The van der Waals surface area contributed by atoms with Gasteiger partial charge in [-0.3, -0.25) is 9.59 Å². The van der Waals surface area contributed by atoms with Gasteiger partial charge in [0.25, 0.3) is 0 Å². The van der Waals surface area contributed by atoms with Gasteiger partial charge >= 0.3 is 5.97 Å². The topological polar surface area (TPSA) is 108 Å². The third kappa shape index (κ3) is 6.90. The van der Waals surface area contributed by atoms with Crippen LogP contribution in [-0.2, 0) is 14.3 Å². The molecule has 2 fully saturated rings. The summed E-state index contributed by atoms with van der Waals surface area (Å²) < 4.78 is 5.94. The largest absolute Gasteiger partial charge is 0.459 e. The Labute approximate surface area is 238 Å². The van der Waals surface area contributed by atoms with Crippen LogP contribution in [0.2, 0.25) is 0 Å². The first kappa shape index (κ1) is 29.7. The summed E-state index contributed by atoms with van der Waals surface area (Å²) in [6, 6.07) is 3.88. The number of aryl methyl sites for hydroxylation is 2. The third-order valence-corrected chi connectivity index (χ3v) is 7.89. The van der Waals surface area contributed by atoms with E-state index in [-0.39, 0.29) is 0 Å². The molecule has 2 N–H and O–H groups in total. The van der Waals surface area contributed by atoms with Crippen LogP contribution >= 0.6 is 0 Å². The van der Waals surface area contributed by atoms with Crippen LogP contribution in [-0.4, -0.2) is 104 Å². The van der Waals surface area contributed by atoms with Gasteiger partial charge in [-0.2, -0.15) is 0 Å². The van der Waals surface area contributed by atoms with Gasteiger partial charge in [0.15, 0.2) is 0 Å². The SMILES string of the molecule is Cc1cnc(N2CCN(C)CC2)cc1C(C(N)=O)C(C(=O)OC(C)(C)C)c1cc(N2CCN(C)CC2)ncc1C. The minimum atomic E-state index is -0.939. The Kier molecular flexibility index (Phi) is 8.99. The van der Waals surface area contributed by atoms with Crippen LogP contribution < -0.4 is 15.5 Å². The molecule has 2 aliphatic rings. The molecule has 2 aliphatic heterocycles. The van der Waals surface area contributed by atoms with E-state index in [2.05, 4.69) is 38.7 Å². The summed E-state index contributed by atoms with van der Waals surface area (Å²) >= 11 is 0. The fourth-order valence-corrected chi connectivity index (χ4v) is 5.45. The van der Waals surface area contributed by atoms with Crippen molar-refractivity contribution in [2.24, 2.45) is 5.73 Å². The molecule has 218 valence electrons. The number of amides is 1. The van der Waals surface area contributed by atoms with Crippen LogP contribution in [0.3, 0.4) is 0 Å². The number of likely N-dealkylation sites (N-methyl/N-ethyl adjacent to an activating group) is 2. The number of nitrogens with two attached hydrogens (primary N) is 1. The number of ether oxygens (including phenoxy) is 1. The fourth-order valence-electron chi connectivity index (χ4n) is 5.45. The van der Waals surface area contributed by atoms with E-state index in [1.807, 2.05) is 46.8 Å². The maximum atomic E-state index is 14.0. The molecule has 10 nitrogen and oxygen atoms in total.